The minimum atomic E-state index is -0.398. The molecular weight excluding hydrogens is 325 g/mol. The maximum absolute atomic E-state index is 13.0. The Bertz CT molecular complexity index is 629. The Kier molecular flexibility index (Phi) is 4.34. The Morgan fingerprint density at radius 1 is 1.30 bits per heavy atom. The van der Waals surface area contributed by atoms with Crippen LogP contribution < -0.4 is 10.2 Å². The van der Waals surface area contributed by atoms with Crippen LogP contribution in [0.2, 0.25) is 0 Å². The topological polar surface area (TPSA) is 45.2 Å². The molecule has 1 heterocycles. The number of benzene rings is 1. The predicted octanol–water partition coefficient (Wildman–Crippen LogP) is 3.30. The lowest BCUT2D eigenvalue weighted by Gasteiger charge is -2.12. The smallest absolute Gasteiger partial charge is 0.256 e. The fraction of sp³-hybridized carbons (Fsp3) is 0.143. The number of hydrogen-bond acceptors (Lipinski definition) is 3. The standard InChI is InChI=1S/C14H13BrFN3O/c1-19(2)13-6-4-10(8-17-13)18-14(20)11-5-3-9(16)7-12(11)15/h3-8H,1-2H3,(H,18,20). The average molecular weight is 338 g/mol. The second-order valence-electron chi connectivity index (χ2n) is 4.38. The molecule has 0 unspecified atom stereocenters. The molecule has 104 valence electrons. The number of nitrogens with one attached hydrogen (secondary N) is 1. The molecule has 6 heteroatoms. The van der Waals surface area contributed by atoms with Gasteiger partial charge in [-0.1, -0.05) is 0 Å². The minimum Gasteiger partial charge on any atom is -0.363 e. The summed E-state index contributed by atoms with van der Waals surface area (Å²) >= 11 is 3.17. The van der Waals surface area contributed by atoms with Crippen molar-refractivity contribution in [2.45, 2.75) is 0 Å². The van der Waals surface area contributed by atoms with Gasteiger partial charge in [-0.05, 0) is 46.3 Å². The molecule has 1 aromatic carbocycles. The van der Waals surface area contributed by atoms with Crippen molar-refractivity contribution in [3.8, 4) is 0 Å². The number of anilines is 2. The van der Waals surface area contributed by atoms with E-state index in [1.54, 1.807) is 18.3 Å². The van der Waals surface area contributed by atoms with Crippen molar-refractivity contribution < 1.29 is 9.18 Å². The highest BCUT2D eigenvalue weighted by molar-refractivity contribution is 9.10. The quantitative estimate of drug-likeness (QED) is 0.934. The van der Waals surface area contributed by atoms with Crippen molar-refractivity contribution in [2.24, 2.45) is 0 Å². The van der Waals surface area contributed by atoms with Crippen LogP contribution in [0.4, 0.5) is 15.9 Å². The van der Waals surface area contributed by atoms with Crippen molar-refractivity contribution in [1.82, 2.24) is 4.98 Å². The first-order chi connectivity index (χ1) is 9.47. The monoisotopic (exact) mass is 337 g/mol. The van der Waals surface area contributed by atoms with Crippen LogP contribution in [0.3, 0.4) is 0 Å². The average Bonchev–Trinajstić information content (AvgIpc) is 2.39. The molecule has 0 aliphatic carbocycles. The lowest BCUT2D eigenvalue weighted by Crippen LogP contribution is -2.14. The number of pyridine rings is 1. The van der Waals surface area contributed by atoms with Crippen LogP contribution in [0.1, 0.15) is 10.4 Å². The summed E-state index contributed by atoms with van der Waals surface area (Å²) in [6, 6.07) is 7.48. The lowest BCUT2D eigenvalue weighted by molar-refractivity contribution is 0.102. The largest absolute Gasteiger partial charge is 0.363 e. The van der Waals surface area contributed by atoms with Gasteiger partial charge in [0.2, 0.25) is 0 Å². The summed E-state index contributed by atoms with van der Waals surface area (Å²) in [5.74, 6) is 0.0765. The molecular formula is C14H13BrFN3O. The zero-order valence-electron chi connectivity index (χ0n) is 11.0. The Morgan fingerprint density at radius 3 is 2.60 bits per heavy atom. The van der Waals surface area contributed by atoms with Crippen molar-refractivity contribution in [1.29, 1.82) is 0 Å². The number of carbonyl (C=O) groups is 1. The van der Waals surface area contributed by atoms with Crippen LogP contribution in [0, 0.1) is 5.82 Å². The molecule has 0 saturated heterocycles. The van der Waals surface area contributed by atoms with Crippen molar-refractivity contribution >= 4 is 33.3 Å². The summed E-state index contributed by atoms with van der Waals surface area (Å²) in [4.78, 5) is 18.1. The van der Waals surface area contributed by atoms with Crippen LogP contribution in [0.25, 0.3) is 0 Å². The van der Waals surface area contributed by atoms with Gasteiger partial charge in [-0.2, -0.15) is 0 Å². The molecule has 0 spiro atoms. The minimum absolute atomic E-state index is 0.323. The molecule has 2 aromatic rings. The van der Waals surface area contributed by atoms with E-state index in [1.807, 2.05) is 19.0 Å². The van der Waals surface area contributed by atoms with Gasteiger partial charge in [-0.25, -0.2) is 9.37 Å². The van der Waals surface area contributed by atoms with E-state index in [0.717, 1.165) is 5.82 Å². The third-order valence-electron chi connectivity index (χ3n) is 2.64. The zero-order chi connectivity index (χ0) is 14.7. The van der Waals surface area contributed by atoms with Crippen LogP contribution in [-0.2, 0) is 0 Å². The SMILES string of the molecule is CN(C)c1ccc(NC(=O)c2ccc(F)cc2Br)cn1. The molecule has 2 rings (SSSR count). The van der Waals surface area contributed by atoms with Gasteiger partial charge in [0, 0.05) is 18.6 Å². The molecule has 0 radical (unpaired) electrons. The van der Waals surface area contributed by atoms with E-state index in [-0.39, 0.29) is 5.91 Å². The molecule has 0 fully saturated rings. The summed E-state index contributed by atoms with van der Waals surface area (Å²) in [5.41, 5.74) is 0.944. The van der Waals surface area contributed by atoms with Crippen LogP contribution in [0.15, 0.2) is 41.0 Å². The molecule has 0 aliphatic rings. The van der Waals surface area contributed by atoms with Gasteiger partial charge in [0.1, 0.15) is 11.6 Å². The molecule has 0 aliphatic heterocycles. The van der Waals surface area contributed by atoms with Crippen molar-refractivity contribution in [3.63, 3.8) is 0 Å². The highest BCUT2D eigenvalue weighted by Gasteiger charge is 2.11. The number of nitrogens with zero attached hydrogens (tertiary/aromatic N) is 2. The summed E-state index contributed by atoms with van der Waals surface area (Å²) in [6.07, 6.45) is 1.57. The van der Waals surface area contributed by atoms with Gasteiger partial charge >= 0.3 is 0 Å². The van der Waals surface area contributed by atoms with Crippen molar-refractivity contribution in [2.75, 3.05) is 24.3 Å². The lowest BCUT2D eigenvalue weighted by atomic mass is 10.2. The van der Waals surface area contributed by atoms with Gasteiger partial charge in [-0.3, -0.25) is 4.79 Å². The van der Waals surface area contributed by atoms with E-state index in [4.69, 9.17) is 0 Å². The second-order valence-corrected chi connectivity index (χ2v) is 5.23. The van der Waals surface area contributed by atoms with E-state index < -0.39 is 5.82 Å². The summed E-state index contributed by atoms with van der Waals surface area (Å²) in [5, 5.41) is 2.71. The number of aromatic nitrogens is 1. The van der Waals surface area contributed by atoms with Gasteiger partial charge in [0.15, 0.2) is 0 Å². The van der Waals surface area contributed by atoms with Crippen LogP contribution in [-0.4, -0.2) is 25.0 Å². The van der Waals surface area contributed by atoms with E-state index in [9.17, 15) is 9.18 Å². The van der Waals surface area contributed by atoms with Crippen LogP contribution >= 0.6 is 15.9 Å². The second kappa shape index (κ2) is 6.00. The third kappa shape index (κ3) is 3.33. The molecule has 1 N–H and O–H groups in total. The van der Waals surface area contributed by atoms with E-state index in [1.165, 1.54) is 18.2 Å². The Hall–Kier alpha value is -1.95. The Balaban J connectivity index is 2.15. The normalized spacial score (nSPS) is 10.2. The summed E-state index contributed by atoms with van der Waals surface area (Å²) < 4.78 is 13.4. The van der Waals surface area contributed by atoms with E-state index in [0.29, 0.717) is 15.7 Å². The molecule has 1 aromatic heterocycles. The third-order valence-corrected chi connectivity index (χ3v) is 3.30. The maximum atomic E-state index is 13.0. The van der Waals surface area contributed by atoms with Crippen molar-refractivity contribution in [3.05, 3.63) is 52.4 Å². The number of halogens is 2. The highest BCUT2D eigenvalue weighted by Crippen LogP contribution is 2.20. The molecule has 20 heavy (non-hydrogen) atoms. The van der Waals surface area contributed by atoms with Gasteiger partial charge in [-0.15, -0.1) is 0 Å². The van der Waals surface area contributed by atoms with E-state index >= 15 is 0 Å². The molecule has 0 bridgehead atoms. The first-order valence-corrected chi connectivity index (χ1v) is 6.66. The fourth-order valence-electron chi connectivity index (χ4n) is 1.60. The fourth-order valence-corrected chi connectivity index (χ4v) is 2.13. The molecule has 0 saturated carbocycles. The summed E-state index contributed by atoms with van der Waals surface area (Å²) in [7, 11) is 3.77. The Labute approximate surface area is 124 Å². The van der Waals surface area contributed by atoms with Gasteiger partial charge in [0.25, 0.3) is 5.91 Å². The van der Waals surface area contributed by atoms with Gasteiger partial charge < -0.3 is 10.2 Å². The summed E-state index contributed by atoms with van der Waals surface area (Å²) in [6.45, 7) is 0. The van der Waals surface area contributed by atoms with E-state index in [2.05, 4.69) is 26.2 Å². The highest BCUT2D eigenvalue weighted by atomic mass is 79.9. The number of amides is 1. The first-order valence-electron chi connectivity index (χ1n) is 5.87. The molecule has 0 atom stereocenters. The molecule has 4 nitrogen and oxygen atoms in total. The zero-order valence-corrected chi connectivity index (χ0v) is 12.6. The number of carbonyl (C=O) groups excluding carboxylic acids is 1. The molecule has 1 amide bonds. The van der Waals surface area contributed by atoms with Crippen LogP contribution in [0.5, 0.6) is 0 Å². The number of hydrogen-bond donors (Lipinski definition) is 1. The Morgan fingerprint density at radius 2 is 2.05 bits per heavy atom. The van der Waals surface area contributed by atoms with Gasteiger partial charge in [0.05, 0.1) is 17.4 Å². The predicted molar refractivity (Wildman–Crippen MR) is 80.6 cm³/mol. The maximum Gasteiger partial charge on any atom is 0.256 e. The number of rotatable bonds is 3. The first kappa shape index (κ1) is 14.5.